The highest BCUT2D eigenvalue weighted by Crippen LogP contribution is 2.29. The summed E-state index contributed by atoms with van der Waals surface area (Å²) in [5.41, 5.74) is 3.41. The zero-order valence-corrected chi connectivity index (χ0v) is 15.9. The van der Waals surface area contributed by atoms with Gasteiger partial charge in [0.1, 0.15) is 5.03 Å². The fraction of sp³-hybridized carbons (Fsp3) is 0.158. The minimum Gasteiger partial charge on any atom is -0.301 e. The number of carbonyl (C=O) groups is 1. The van der Waals surface area contributed by atoms with Crippen molar-refractivity contribution in [1.82, 2.24) is 15.0 Å². The van der Waals surface area contributed by atoms with Gasteiger partial charge in [0.2, 0.25) is 5.91 Å². The van der Waals surface area contributed by atoms with Crippen LogP contribution < -0.4 is 5.32 Å². The van der Waals surface area contributed by atoms with Gasteiger partial charge in [-0.2, -0.15) is 0 Å². The van der Waals surface area contributed by atoms with Crippen molar-refractivity contribution in [2.24, 2.45) is 0 Å². The summed E-state index contributed by atoms with van der Waals surface area (Å²) in [7, 11) is 0. The van der Waals surface area contributed by atoms with Crippen LogP contribution in [-0.4, -0.2) is 26.1 Å². The minimum atomic E-state index is -0.309. The number of aromatic nitrogens is 3. The Morgan fingerprint density at radius 1 is 1.00 bits per heavy atom. The lowest BCUT2D eigenvalue weighted by atomic mass is 10.3. The van der Waals surface area contributed by atoms with E-state index in [1.165, 1.54) is 23.1 Å². The molecule has 26 heavy (non-hydrogen) atoms. The summed E-state index contributed by atoms with van der Waals surface area (Å²) in [4.78, 5) is 26.2. The van der Waals surface area contributed by atoms with Crippen LogP contribution in [0.1, 0.15) is 12.6 Å². The van der Waals surface area contributed by atoms with Crippen LogP contribution in [0.25, 0.3) is 21.3 Å². The Morgan fingerprint density at radius 3 is 2.38 bits per heavy atom. The van der Waals surface area contributed by atoms with Crippen molar-refractivity contribution >= 4 is 55.4 Å². The summed E-state index contributed by atoms with van der Waals surface area (Å²) in [5.74, 6) is -0.0941. The van der Waals surface area contributed by atoms with Crippen molar-refractivity contribution in [2.75, 3.05) is 5.32 Å². The minimum absolute atomic E-state index is 0.0941. The van der Waals surface area contributed by atoms with Gasteiger partial charge in [-0.3, -0.25) is 4.79 Å². The van der Waals surface area contributed by atoms with Crippen molar-refractivity contribution in [3.63, 3.8) is 0 Å². The van der Waals surface area contributed by atoms with Gasteiger partial charge < -0.3 is 5.32 Å². The second kappa shape index (κ2) is 7.01. The molecule has 7 heteroatoms. The molecule has 4 rings (SSSR count). The number of hydrogen-bond donors (Lipinski definition) is 1. The molecule has 130 valence electrons. The van der Waals surface area contributed by atoms with Crippen LogP contribution in [0, 0.1) is 6.92 Å². The monoisotopic (exact) mass is 380 g/mol. The average molecular weight is 380 g/mol. The van der Waals surface area contributed by atoms with E-state index in [-0.39, 0.29) is 11.2 Å². The first kappa shape index (κ1) is 16.9. The lowest BCUT2D eigenvalue weighted by molar-refractivity contribution is -0.115. The van der Waals surface area contributed by atoms with Gasteiger partial charge in [0.25, 0.3) is 0 Å². The number of para-hydroxylation sites is 3. The number of amides is 1. The summed E-state index contributed by atoms with van der Waals surface area (Å²) < 4.78 is 1.05. The van der Waals surface area contributed by atoms with E-state index in [0.29, 0.717) is 5.13 Å². The standard InChI is InChI=1S/C19H16N4OS2/c1-11-18(21-14-8-4-3-7-13(14)20-11)25-12(2)17(24)23-19-22-15-9-5-6-10-16(15)26-19/h3-10,12H,1-2H3,(H,22,23,24)/t12-/m0/s1. The lowest BCUT2D eigenvalue weighted by Gasteiger charge is -2.11. The molecule has 0 aliphatic heterocycles. The Bertz CT molecular complexity index is 1080. The second-order valence-corrected chi connectivity index (χ2v) is 8.20. The number of hydrogen-bond acceptors (Lipinski definition) is 6. The van der Waals surface area contributed by atoms with Gasteiger partial charge in [-0.05, 0) is 38.1 Å². The largest absolute Gasteiger partial charge is 0.301 e. The number of aryl methyl sites for hydroxylation is 1. The molecule has 0 spiro atoms. The Kier molecular flexibility index (Phi) is 4.57. The van der Waals surface area contributed by atoms with E-state index in [1.54, 1.807) is 0 Å². The van der Waals surface area contributed by atoms with Gasteiger partial charge >= 0.3 is 0 Å². The fourth-order valence-electron chi connectivity index (χ4n) is 2.54. The average Bonchev–Trinajstić information content (AvgIpc) is 3.04. The summed E-state index contributed by atoms with van der Waals surface area (Å²) in [6.07, 6.45) is 0. The van der Waals surface area contributed by atoms with Gasteiger partial charge in [0, 0.05) is 0 Å². The first-order valence-corrected chi connectivity index (χ1v) is 9.86. The van der Waals surface area contributed by atoms with Crippen LogP contribution in [0.5, 0.6) is 0 Å². The summed E-state index contributed by atoms with van der Waals surface area (Å²) in [6, 6.07) is 15.6. The number of nitrogens with one attached hydrogen (secondary N) is 1. The first-order chi connectivity index (χ1) is 12.6. The van der Waals surface area contributed by atoms with Gasteiger partial charge in [0.15, 0.2) is 5.13 Å². The molecular formula is C19H16N4OS2. The highest BCUT2D eigenvalue weighted by molar-refractivity contribution is 8.00. The number of nitrogens with zero attached hydrogens (tertiary/aromatic N) is 3. The van der Waals surface area contributed by atoms with Crippen LogP contribution in [0.3, 0.4) is 0 Å². The van der Waals surface area contributed by atoms with Crippen LogP contribution >= 0.6 is 23.1 Å². The quantitative estimate of drug-likeness (QED) is 0.521. The molecule has 0 bridgehead atoms. The number of rotatable bonds is 4. The van der Waals surface area contributed by atoms with Gasteiger partial charge in [-0.15, -0.1) is 0 Å². The van der Waals surface area contributed by atoms with Gasteiger partial charge in [-0.1, -0.05) is 47.4 Å². The first-order valence-electron chi connectivity index (χ1n) is 8.16. The van der Waals surface area contributed by atoms with E-state index in [9.17, 15) is 4.79 Å². The molecule has 0 fully saturated rings. The third-order valence-electron chi connectivity index (χ3n) is 3.88. The number of thioether (sulfide) groups is 1. The third kappa shape index (κ3) is 3.40. The smallest absolute Gasteiger partial charge is 0.239 e. The summed E-state index contributed by atoms with van der Waals surface area (Å²) in [6.45, 7) is 3.78. The van der Waals surface area contributed by atoms with E-state index in [0.717, 1.165) is 32.0 Å². The molecule has 0 saturated heterocycles. The predicted octanol–water partition coefficient (Wildman–Crippen LogP) is 4.67. The van der Waals surface area contributed by atoms with Crippen molar-refractivity contribution in [1.29, 1.82) is 0 Å². The SMILES string of the molecule is Cc1nc2ccccc2nc1S[C@@H](C)C(=O)Nc1nc2ccccc2s1. The fourth-order valence-corrected chi connectivity index (χ4v) is 4.27. The van der Waals surface area contributed by atoms with Crippen LogP contribution in [0.15, 0.2) is 53.6 Å². The summed E-state index contributed by atoms with van der Waals surface area (Å²) >= 11 is 2.88. The van der Waals surface area contributed by atoms with Gasteiger partial charge in [0.05, 0.1) is 32.2 Å². The number of fused-ring (bicyclic) bond motifs is 2. The molecule has 1 N–H and O–H groups in total. The molecule has 0 aliphatic rings. The Balaban J connectivity index is 1.51. The molecule has 2 aromatic heterocycles. The number of benzene rings is 2. The molecule has 0 saturated carbocycles. The molecule has 1 amide bonds. The second-order valence-electron chi connectivity index (χ2n) is 5.84. The molecular weight excluding hydrogens is 364 g/mol. The van der Waals surface area contributed by atoms with E-state index in [2.05, 4.69) is 20.3 Å². The van der Waals surface area contributed by atoms with Crippen molar-refractivity contribution < 1.29 is 4.79 Å². The Morgan fingerprint density at radius 2 is 1.65 bits per heavy atom. The van der Waals surface area contributed by atoms with E-state index in [4.69, 9.17) is 0 Å². The molecule has 1 atom stereocenters. The van der Waals surface area contributed by atoms with E-state index >= 15 is 0 Å². The zero-order valence-electron chi connectivity index (χ0n) is 14.3. The third-order valence-corrected chi connectivity index (χ3v) is 6.01. The maximum atomic E-state index is 12.6. The summed E-state index contributed by atoms with van der Waals surface area (Å²) in [5, 5.41) is 3.99. The normalized spacial score (nSPS) is 12.4. The molecule has 0 radical (unpaired) electrons. The van der Waals surface area contributed by atoms with Crippen molar-refractivity contribution in [3.05, 3.63) is 54.2 Å². The van der Waals surface area contributed by atoms with Crippen molar-refractivity contribution in [2.45, 2.75) is 24.1 Å². The molecule has 0 unspecified atom stereocenters. The Labute approximate surface area is 158 Å². The van der Waals surface area contributed by atoms with Crippen LogP contribution in [0.4, 0.5) is 5.13 Å². The molecule has 0 aliphatic carbocycles. The van der Waals surface area contributed by atoms with Crippen LogP contribution in [-0.2, 0) is 4.79 Å². The predicted molar refractivity (Wildman–Crippen MR) is 108 cm³/mol. The number of anilines is 1. The van der Waals surface area contributed by atoms with E-state index in [1.807, 2.05) is 62.4 Å². The Hall–Kier alpha value is -2.51. The van der Waals surface area contributed by atoms with Crippen LogP contribution in [0.2, 0.25) is 0 Å². The van der Waals surface area contributed by atoms with E-state index < -0.39 is 0 Å². The topological polar surface area (TPSA) is 67.8 Å². The lowest BCUT2D eigenvalue weighted by Crippen LogP contribution is -2.22. The van der Waals surface area contributed by atoms with Gasteiger partial charge in [-0.25, -0.2) is 15.0 Å². The number of carbonyl (C=O) groups excluding carboxylic acids is 1. The molecule has 4 aromatic rings. The maximum absolute atomic E-state index is 12.6. The molecule has 2 aromatic carbocycles. The molecule has 2 heterocycles. The highest BCUT2D eigenvalue weighted by Gasteiger charge is 2.19. The zero-order chi connectivity index (χ0) is 18.1. The van der Waals surface area contributed by atoms with Crippen molar-refractivity contribution in [3.8, 4) is 0 Å². The maximum Gasteiger partial charge on any atom is 0.239 e. The molecule has 5 nitrogen and oxygen atoms in total. The number of thiazole rings is 1. The highest BCUT2D eigenvalue weighted by atomic mass is 32.2.